The summed E-state index contributed by atoms with van der Waals surface area (Å²) in [6.45, 7) is 5.87. The Labute approximate surface area is 149 Å². The minimum absolute atomic E-state index is 0.423. The summed E-state index contributed by atoms with van der Waals surface area (Å²) in [6.07, 6.45) is 1.27. The molecule has 1 aromatic carbocycles. The first kappa shape index (κ1) is 18.5. The number of rotatable bonds is 5. The molecule has 0 bridgehead atoms. The van der Waals surface area contributed by atoms with Crippen LogP contribution >= 0.6 is 15.9 Å². The van der Waals surface area contributed by atoms with Crippen LogP contribution in [0.25, 0.3) is 10.9 Å². The molecule has 0 fully saturated rings. The normalized spacial score (nSPS) is 11.5. The summed E-state index contributed by atoms with van der Waals surface area (Å²) < 4.78 is 12.1. The van der Waals surface area contributed by atoms with Gasteiger partial charge >= 0.3 is 6.09 Å². The third-order valence-corrected chi connectivity index (χ3v) is 3.80. The Bertz CT molecular complexity index is 777. The number of carbonyl (C=O) groups is 1. The zero-order chi connectivity index (χ0) is 17.7. The van der Waals surface area contributed by atoms with E-state index in [1.165, 1.54) is 6.07 Å². The van der Waals surface area contributed by atoms with E-state index in [4.69, 9.17) is 9.47 Å². The highest BCUT2D eigenvalue weighted by molar-refractivity contribution is 9.09. The van der Waals surface area contributed by atoms with E-state index < -0.39 is 17.3 Å². The molecule has 0 amide bonds. The summed E-state index contributed by atoms with van der Waals surface area (Å²) in [7, 11) is 0. The first-order valence-electron chi connectivity index (χ1n) is 7.90. The van der Waals surface area contributed by atoms with E-state index in [9.17, 15) is 9.59 Å². The Balaban J connectivity index is 2.36. The predicted octanol–water partition coefficient (Wildman–Crippen LogP) is 4.34. The molecule has 5 nitrogen and oxygen atoms in total. The summed E-state index contributed by atoms with van der Waals surface area (Å²) in [6, 6.07) is 8.42. The van der Waals surface area contributed by atoms with E-state index in [-0.39, 0.29) is 0 Å². The molecular weight excluding hydrogens is 374 g/mol. The summed E-state index contributed by atoms with van der Waals surface area (Å²) in [5.74, 6) is 0.625. The largest absolute Gasteiger partial charge is 0.494 e. The highest BCUT2D eigenvalue weighted by atomic mass is 79.9. The van der Waals surface area contributed by atoms with Gasteiger partial charge in [0, 0.05) is 17.5 Å². The van der Waals surface area contributed by atoms with Gasteiger partial charge in [-0.3, -0.25) is 4.79 Å². The average molecular weight is 396 g/mol. The van der Waals surface area contributed by atoms with Crippen molar-refractivity contribution in [2.24, 2.45) is 0 Å². The number of alkyl halides is 1. The fraction of sp³-hybridized carbons (Fsp3) is 0.444. The molecule has 1 aromatic heterocycles. The molecule has 1 heterocycles. The van der Waals surface area contributed by atoms with Crippen LogP contribution in [0.2, 0.25) is 0 Å². The molecule has 2 rings (SSSR count). The van der Waals surface area contributed by atoms with E-state index >= 15 is 0 Å². The highest BCUT2D eigenvalue weighted by Gasteiger charge is 2.20. The fourth-order valence-corrected chi connectivity index (χ4v) is 2.58. The number of hydrogen-bond acceptors (Lipinski definition) is 4. The molecule has 0 radical (unpaired) electrons. The zero-order valence-electron chi connectivity index (χ0n) is 14.2. The van der Waals surface area contributed by atoms with Crippen molar-refractivity contribution in [2.75, 3.05) is 11.9 Å². The standard InChI is InChI=1S/C18H22BrNO4/c1-18(2,3)24-17(22)20-15-12-14(23-11-5-4-10-19)8-6-13(15)7-9-16(20)21/h6-9,12H,4-5,10-11H2,1-3H3. The fourth-order valence-electron chi connectivity index (χ4n) is 2.18. The second-order valence-electron chi connectivity index (χ2n) is 6.45. The van der Waals surface area contributed by atoms with Crippen molar-refractivity contribution in [1.82, 2.24) is 4.57 Å². The van der Waals surface area contributed by atoms with Gasteiger partial charge < -0.3 is 9.47 Å². The Morgan fingerprint density at radius 2 is 1.88 bits per heavy atom. The van der Waals surface area contributed by atoms with Crippen molar-refractivity contribution >= 4 is 32.9 Å². The van der Waals surface area contributed by atoms with Crippen LogP contribution in [0.4, 0.5) is 4.79 Å². The van der Waals surface area contributed by atoms with Gasteiger partial charge in [-0.1, -0.05) is 15.9 Å². The van der Waals surface area contributed by atoms with Crippen molar-refractivity contribution in [1.29, 1.82) is 0 Å². The number of hydrogen-bond donors (Lipinski definition) is 0. The number of aromatic nitrogens is 1. The Kier molecular flexibility index (Phi) is 6.04. The van der Waals surface area contributed by atoms with Crippen molar-refractivity contribution in [3.05, 3.63) is 40.7 Å². The molecule has 130 valence electrons. The van der Waals surface area contributed by atoms with Gasteiger partial charge in [0.1, 0.15) is 11.4 Å². The maximum absolute atomic E-state index is 12.4. The summed E-state index contributed by atoms with van der Waals surface area (Å²) in [5.41, 5.74) is -0.620. The quantitative estimate of drug-likeness (QED) is 0.557. The van der Waals surface area contributed by atoms with Crippen LogP contribution in [0, 0.1) is 0 Å². The number of benzene rings is 1. The van der Waals surface area contributed by atoms with Crippen LogP contribution in [0.3, 0.4) is 0 Å². The molecule has 6 heteroatoms. The van der Waals surface area contributed by atoms with Gasteiger partial charge in [0.05, 0.1) is 12.1 Å². The summed E-state index contributed by atoms with van der Waals surface area (Å²) in [4.78, 5) is 24.6. The lowest BCUT2D eigenvalue weighted by atomic mass is 10.2. The third kappa shape index (κ3) is 4.84. The molecule has 0 N–H and O–H groups in total. The maximum atomic E-state index is 12.4. The van der Waals surface area contributed by atoms with E-state index in [0.29, 0.717) is 17.9 Å². The molecule has 0 unspecified atom stereocenters. The molecular formula is C18H22BrNO4. The zero-order valence-corrected chi connectivity index (χ0v) is 15.8. The molecule has 0 aliphatic rings. The molecule has 0 spiro atoms. The molecule has 0 saturated heterocycles. The number of unbranched alkanes of at least 4 members (excludes halogenated alkanes) is 1. The van der Waals surface area contributed by atoms with E-state index in [1.807, 2.05) is 12.1 Å². The van der Waals surface area contributed by atoms with Gasteiger partial charge in [-0.25, -0.2) is 9.36 Å². The second kappa shape index (κ2) is 7.83. The van der Waals surface area contributed by atoms with Crippen LogP contribution in [-0.4, -0.2) is 28.2 Å². The van der Waals surface area contributed by atoms with Crippen molar-refractivity contribution < 1.29 is 14.3 Å². The van der Waals surface area contributed by atoms with E-state index in [1.54, 1.807) is 32.9 Å². The Morgan fingerprint density at radius 1 is 1.17 bits per heavy atom. The second-order valence-corrected chi connectivity index (χ2v) is 7.25. The molecule has 0 atom stereocenters. The number of pyridine rings is 1. The summed E-state index contributed by atoms with van der Waals surface area (Å²) >= 11 is 3.38. The van der Waals surface area contributed by atoms with Crippen molar-refractivity contribution in [3.8, 4) is 5.75 Å². The average Bonchev–Trinajstić information content (AvgIpc) is 2.49. The van der Waals surface area contributed by atoms with Gasteiger partial charge in [-0.2, -0.15) is 0 Å². The molecule has 0 aliphatic heterocycles. The van der Waals surface area contributed by atoms with Gasteiger partial charge in [-0.05, 0) is 57.2 Å². The first-order chi connectivity index (χ1) is 11.3. The molecule has 2 aromatic rings. The smallest absolute Gasteiger partial charge is 0.422 e. The van der Waals surface area contributed by atoms with Crippen LogP contribution in [-0.2, 0) is 4.74 Å². The molecule has 0 aliphatic carbocycles. The lowest BCUT2D eigenvalue weighted by molar-refractivity contribution is 0.0538. The Morgan fingerprint density at radius 3 is 2.54 bits per heavy atom. The van der Waals surface area contributed by atoms with Gasteiger partial charge in [0.15, 0.2) is 0 Å². The minimum atomic E-state index is -0.686. The Hall–Kier alpha value is -1.82. The number of ether oxygens (including phenoxy) is 2. The molecule has 24 heavy (non-hydrogen) atoms. The molecule has 0 saturated carbocycles. The third-order valence-electron chi connectivity index (χ3n) is 3.24. The minimum Gasteiger partial charge on any atom is -0.494 e. The topological polar surface area (TPSA) is 57.5 Å². The van der Waals surface area contributed by atoms with Gasteiger partial charge in [0.25, 0.3) is 5.56 Å². The number of nitrogens with zero attached hydrogens (tertiary/aromatic N) is 1. The number of carbonyl (C=O) groups excluding carboxylic acids is 1. The summed E-state index contributed by atoms with van der Waals surface area (Å²) in [5, 5.41) is 1.71. The monoisotopic (exact) mass is 395 g/mol. The van der Waals surface area contributed by atoms with Crippen molar-refractivity contribution in [2.45, 2.75) is 39.2 Å². The lowest BCUT2D eigenvalue weighted by Gasteiger charge is -2.20. The highest BCUT2D eigenvalue weighted by Crippen LogP contribution is 2.21. The maximum Gasteiger partial charge on any atom is 0.422 e. The van der Waals surface area contributed by atoms with Crippen LogP contribution in [0.5, 0.6) is 5.75 Å². The van der Waals surface area contributed by atoms with Crippen LogP contribution in [0.15, 0.2) is 35.1 Å². The van der Waals surface area contributed by atoms with E-state index in [0.717, 1.165) is 28.1 Å². The SMILES string of the molecule is CC(C)(C)OC(=O)n1c(=O)ccc2ccc(OCCCCBr)cc21. The number of halogens is 1. The predicted molar refractivity (Wildman–Crippen MR) is 98.4 cm³/mol. The van der Waals surface area contributed by atoms with Gasteiger partial charge in [0.2, 0.25) is 0 Å². The van der Waals surface area contributed by atoms with Crippen LogP contribution < -0.4 is 10.3 Å². The van der Waals surface area contributed by atoms with Crippen LogP contribution in [0.1, 0.15) is 33.6 Å². The van der Waals surface area contributed by atoms with Gasteiger partial charge in [-0.15, -0.1) is 0 Å². The lowest BCUT2D eigenvalue weighted by Crippen LogP contribution is -2.33. The van der Waals surface area contributed by atoms with Crippen molar-refractivity contribution in [3.63, 3.8) is 0 Å². The first-order valence-corrected chi connectivity index (χ1v) is 9.02. The van der Waals surface area contributed by atoms with E-state index in [2.05, 4.69) is 15.9 Å². The number of fused-ring (bicyclic) bond motifs is 1.